The highest BCUT2D eigenvalue weighted by Gasteiger charge is 2.01. The fourth-order valence-electron chi connectivity index (χ4n) is 1.65. The second-order valence-corrected chi connectivity index (χ2v) is 3.78. The van der Waals surface area contributed by atoms with Gasteiger partial charge >= 0.3 is 0 Å². The van der Waals surface area contributed by atoms with Crippen molar-refractivity contribution in [2.75, 3.05) is 33.5 Å². The molecule has 4 nitrogen and oxygen atoms in total. The van der Waals surface area contributed by atoms with Crippen LogP contribution in [-0.4, -0.2) is 38.5 Å². The molecule has 0 saturated heterocycles. The number of para-hydroxylation sites is 1. The molecule has 96 valence electrons. The number of nitrogens with zero attached hydrogens (tertiary/aromatic N) is 1. The smallest absolute Gasteiger partial charge is 0.145 e. The standard InChI is InChI=1S/C14H17NO3/c1-16-8-9-17-10-11-18-13-6-2-4-12-5-3-7-15-14(12)13/h2-7H,8-11H2,1H3. The molecule has 0 saturated carbocycles. The number of methoxy groups -OCH3 is 1. The van der Waals surface area contributed by atoms with Gasteiger partial charge in [0.1, 0.15) is 17.9 Å². The largest absolute Gasteiger partial charge is 0.489 e. The Morgan fingerprint density at radius 1 is 1.00 bits per heavy atom. The minimum atomic E-state index is 0.513. The molecule has 0 atom stereocenters. The molecule has 0 aliphatic carbocycles. The van der Waals surface area contributed by atoms with Crippen LogP contribution in [0.5, 0.6) is 5.75 Å². The van der Waals surface area contributed by atoms with E-state index >= 15 is 0 Å². The molecule has 0 bridgehead atoms. The third-order valence-corrected chi connectivity index (χ3v) is 2.51. The first kappa shape index (κ1) is 12.8. The number of rotatable bonds is 7. The highest BCUT2D eigenvalue weighted by Crippen LogP contribution is 2.22. The Hall–Kier alpha value is -1.65. The predicted molar refractivity (Wildman–Crippen MR) is 69.9 cm³/mol. The van der Waals surface area contributed by atoms with E-state index in [2.05, 4.69) is 4.98 Å². The number of aromatic nitrogens is 1. The number of benzene rings is 1. The van der Waals surface area contributed by atoms with Gasteiger partial charge in [0.05, 0.1) is 19.8 Å². The zero-order valence-electron chi connectivity index (χ0n) is 10.5. The van der Waals surface area contributed by atoms with Gasteiger partial charge in [0.2, 0.25) is 0 Å². The van der Waals surface area contributed by atoms with E-state index in [0.717, 1.165) is 16.7 Å². The van der Waals surface area contributed by atoms with Gasteiger partial charge in [-0.15, -0.1) is 0 Å². The molecule has 0 unspecified atom stereocenters. The normalized spacial score (nSPS) is 10.7. The maximum absolute atomic E-state index is 5.67. The van der Waals surface area contributed by atoms with Crippen molar-refractivity contribution >= 4 is 10.9 Å². The molecule has 2 rings (SSSR count). The quantitative estimate of drug-likeness (QED) is 0.704. The first-order chi connectivity index (χ1) is 8.92. The third kappa shape index (κ3) is 3.42. The Kier molecular flexibility index (Phi) is 4.93. The van der Waals surface area contributed by atoms with Gasteiger partial charge in [-0.2, -0.15) is 0 Å². The minimum absolute atomic E-state index is 0.513. The van der Waals surface area contributed by atoms with Crippen molar-refractivity contribution in [3.63, 3.8) is 0 Å². The van der Waals surface area contributed by atoms with Crippen LogP contribution in [0.25, 0.3) is 10.9 Å². The van der Waals surface area contributed by atoms with Gasteiger partial charge in [0, 0.05) is 18.7 Å². The van der Waals surface area contributed by atoms with Gasteiger partial charge in [0.15, 0.2) is 0 Å². The molecule has 1 aromatic carbocycles. The first-order valence-corrected chi connectivity index (χ1v) is 5.95. The summed E-state index contributed by atoms with van der Waals surface area (Å²) in [6, 6.07) is 9.84. The van der Waals surface area contributed by atoms with Crippen LogP contribution in [0.15, 0.2) is 36.5 Å². The molecule has 0 amide bonds. The summed E-state index contributed by atoms with van der Waals surface area (Å²) in [5.41, 5.74) is 0.886. The lowest BCUT2D eigenvalue weighted by atomic mass is 10.2. The molecule has 0 aliphatic heterocycles. The van der Waals surface area contributed by atoms with Crippen LogP contribution in [0.2, 0.25) is 0 Å². The molecule has 1 heterocycles. The molecular formula is C14H17NO3. The summed E-state index contributed by atoms with van der Waals surface area (Å²) >= 11 is 0. The average molecular weight is 247 g/mol. The van der Waals surface area contributed by atoms with Gasteiger partial charge in [-0.05, 0) is 12.1 Å². The topological polar surface area (TPSA) is 40.6 Å². The van der Waals surface area contributed by atoms with Gasteiger partial charge in [0.25, 0.3) is 0 Å². The van der Waals surface area contributed by atoms with E-state index in [4.69, 9.17) is 14.2 Å². The fourth-order valence-corrected chi connectivity index (χ4v) is 1.65. The predicted octanol–water partition coefficient (Wildman–Crippen LogP) is 2.28. The van der Waals surface area contributed by atoms with Gasteiger partial charge in [-0.3, -0.25) is 4.98 Å². The summed E-state index contributed by atoms with van der Waals surface area (Å²) in [6.07, 6.45) is 1.77. The Balaban J connectivity index is 1.88. The maximum atomic E-state index is 5.67. The lowest BCUT2D eigenvalue weighted by Crippen LogP contribution is -2.10. The molecule has 0 aliphatic rings. The summed E-state index contributed by atoms with van der Waals surface area (Å²) in [7, 11) is 1.65. The SMILES string of the molecule is COCCOCCOc1cccc2cccnc12. The second-order valence-electron chi connectivity index (χ2n) is 3.78. The lowest BCUT2D eigenvalue weighted by molar-refractivity contribution is 0.0546. The van der Waals surface area contributed by atoms with Crippen molar-refractivity contribution in [3.8, 4) is 5.75 Å². The maximum Gasteiger partial charge on any atom is 0.145 e. The van der Waals surface area contributed by atoms with E-state index in [1.165, 1.54) is 0 Å². The van der Waals surface area contributed by atoms with Crippen molar-refractivity contribution in [1.29, 1.82) is 0 Å². The number of pyridine rings is 1. The Morgan fingerprint density at radius 2 is 1.83 bits per heavy atom. The van der Waals surface area contributed by atoms with Crippen molar-refractivity contribution in [3.05, 3.63) is 36.5 Å². The highest BCUT2D eigenvalue weighted by molar-refractivity contribution is 5.84. The number of hydrogen-bond donors (Lipinski definition) is 0. The Morgan fingerprint density at radius 3 is 2.72 bits per heavy atom. The summed E-state index contributed by atoms with van der Waals surface area (Å²) in [4.78, 5) is 4.32. The highest BCUT2D eigenvalue weighted by atomic mass is 16.5. The van der Waals surface area contributed by atoms with Crippen molar-refractivity contribution in [2.45, 2.75) is 0 Å². The molecule has 0 radical (unpaired) electrons. The zero-order valence-corrected chi connectivity index (χ0v) is 10.5. The van der Waals surface area contributed by atoms with E-state index < -0.39 is 0 Å². The van der Waals surface area contributed by atoms with Gasteiger partial charge in [-0.1, -0.05) is 18.2 Å². The number of hydrogen-bond acceptors (Lipinski definition) is 4. The molecular weight excluding hydrogens is 230 g/mol. The summed E-state index contributed by atoms with van der Waals surface area (Å²) in [5.74, 6) is 0.795. The minimum Gasteiger partial charge on any atom is -0.489 e. The van der Waals surface area contributed by atoms with Crippen LogP contribution in [-0.2, 0) is 9.47 Å². The first-order valence-electron chi connectivity index (χ1n) is 5.95. The van der Waals surface area contributed by atoms with Crippen molar-refractivity contribution in [1.82, 2.24) is 4.98 Å². The van der Waals surface area contributed by atoms with Crippen LogP contribution >= 0.6 is 0 Å². The molecule has 18 heavy (non-hydrogen) atoms. The number of ether oxygens (including phenoxy) is 3. The molecule has 0 fully saturated rings. The molecule has 4 heteroatoms. The average Bonchev–Trinajstić information content (AvgIpc) is 2.43. The van der Waals surface area contributed by atoms with E-state index in [1.807, 2.05) is 30.3 Å². The second kappa shape index (κ2) is 6.93. The van der Waals surface area contributed by atoms with E-state index in [0.29, 0.717) is 26.4 Å². The van der Waals surface area contributed by atoms with Crippen LogP contribution in [0.4, 0.5) is 0 Å². The van der Waals surface area contributed by atoms with Gasteiger partial charge < -0.3 is 14.2 Å². The fraction of sp³-hybridized carbons (Fsp3) is 0.357. The monoisotopic (exact) mass is 247 g/mol. The van der Waals surface area contributed by atoms with Crippen LogP contribution in [0.1, 0.15) is 0 Å². The van der Waals surface area contributed by atoms with Crippen LogP contribution in [0.3, 0.4) is 0 Å². The summed E-state index contributed by atoms with van der Waals surface area (Å²) in [6.45, 7) is 2.26. The third-order valence-electron chi connectivity index (χ3n) is 2.51. The van der Waals surface area contributed by atoms with Crippen molar-refractivity contribution in [2.24, 2.45) is 0 Å². The summed E-state index contributed by atoms with van der Waals surface area (Å²) in [5, 5.41) is 1.08. The Labute approximate surface area is 106 Å². The van der Waals surface area contributed by atoms with E-state index in [9.17, 15) is 0 Å². The van der Waals surface area contributed by atoms with Crippen molar-refractivity contribution < 1.29 is 14.2 Å². The van der Waals surface area contributed by atoms with E-state index in [1.54, 1.807) is 13.3 Å². The van der Waals surface area contributed by atoms with Gasteiger partial charge in [-0.25, -0.2) is 0 Å². The zero-order chi connectivity index (χ0) is 12.6. The number of fused-ring (bicyclic) bond motifs is 1. The Bertz CT molecular complexity index is 482. The van der Waals surface area contributed by atoms with Crippen LogP contribution in [0, 0.1) is 0 Å². The molecule has 0 spiro atoms. The lowest BCUT2D eigenvalue weighted by Gasteiger charge is -2.08. The van der Waals surface area contributed by atoms with Crippen LogP contribution < -0.4 is 4.74 Å². The van der Waals surface area contributed by atoms with E-state index in [-0.39, 0.29) is 0 Å². The molecule has 2 aromatic rings. The molecule has 0 N–H and O–H groups in total. The summed E-state index contributed by atoms with van der Waals surface area (Å²) < 4.78 is 15.9. The molecule has 1 aromatic heterocycles.